The lowest BCUT2D eigenvalue weighted by atomic mass is 10.1. The van der Waals surface area contributed by atoms with E-state index in [4.69, 9.17) is 10.5 Å². The van der Waals surface area contributed by atoms with Crippen LogP contribution in [0.1, 0.15) is 0 Å². The Balaban J connectivity index is 2.62. The normalized spacial score (nSPS) is 10.6. The second kappa shape index (κ2) is 4.37. The van der Waals surface area contributed by atoms with Crippen LogP contribution >= 0.6 is 15.9 Å². The lowest BCUT2D eigenvalue weighted by Gasteiger charge is -2.07. The summed E-state index contributed by atoms with van der Waals surface area (Å²) in [5.41, 5.74) is 6.89. The van der Waals surface area contributed by atoms with Crippen LogP contribution in [0.2, 0.25) is 0 Å². The van der Waals surface area contributed by atoms with E-state index in [0.717, 1.165) is 0 Å². The lowest BCUT2D eigenvalue weighted by molar-refractivity contribution is 0.409. The van der Waals surface area contributed by atoms with Gasteiger partial charge in [0, 0.05) is 24.7 Å². The van der Waals surface area contributed by atoms with E-state index in [1.54, 1.807) is 13.1 Å². The zero-order valence-corrected chi connectivity index (χ0v) is 11.0. The highest BCUT2D eigenvalue weighted by molar-refractivity contribution is 9.10. The summed E-state index contributed by atoms with van der Waals surface area (Å²) in [4.78, 5) is 0. The summed E-state index contributed by atoms with van der Waals surface area (Å²) in [6.07, 6.45) is 0. The topological polar surface area (TPSA) is 53.1 Å². The Morgan fingerprint density at radius 3 is 2.65 bits per heavy atom. The molecule has 0 aliphatic rings. The number of halogens is 2. The van der Waals surface area contributed by atoms with Crippen molar-refractivity contribution in [1.29, 1.82) is 0 Å². The molecule has 17 heavy (non-hydrogen) atoms. The summed E-state index contributed by atoms with van der Waals surface area (Å²) in [6, 6.07) is 4.37. The molecule has 0 aliphatic heterocycles. The minimum Gasteiger partial charge on any atom is -0.495 e. The summed E-state index contributed by atoms with van der Waals surface area (Å²) in [6.45, 7) is 0. The molecule has 1 heterocycles. The monoisotopic (exact) mass is 299 g/mol. The van der Waals surface area contributed by atoms with Gasteiger partial charge in [-0.3, -0.25) is 4.68 Å². The largest absolute Gasteiger partial charge is 0.495 e. The van der Waals surface area contributed by atoms with Crippen LogP contribution in [0.5, 0.6) is 5.75 Å². The van der Waals surface area contributed by atoms with Crippen LogP contribution in [0.15, 0.2) is 22.7 Å². The fourth-order valence-electron chi connectivity index (χ4n) is 1.51. The smallest absolute Gasteiger partial charge is 0.136 e. The lowest BCUT2D eigenvalue weighted by Crippen LogP contribution is -1.96. The highest BCUT2D eigenvalue weighted by Gasteiger charge is 2.14. The van der Waals surface area contributed by atoms with Crippen molar-refractivity contribution in [2.24, 2.45) is 7.05 Å². The number of benzene rings is 1. The molecular formula is C11H11BrFN3O. The maximum Gasteiger partial charge on any atom is 0.136 e. The minimum atomic E-state index is -0.385. The number of methoxy groups -OCH3 is 1. The average Bonchev–Trinajstić information content (AvgIpc) is 2.62. The van der Waals surface area contributed by atoms with Gasteiger partial charge in [0.1, 0.15) is 17.4 Å². The molecule has 0 unspecified atom stereocenters. The van der Waals surface area contributed by atoms with Gasteiger partial charge in [-0.15, -0.1) is 0 Å². The van der Waals surface area contributed by atoms with Crippen LogP contribution in [0.4, 0.5) is 10.2 Å². The van der Waals surface area contributed by atoms with Crippen molar-refractivity contribution >= 4 is 21.7 Å². The van der Waals surface area contributed by atoms with Gasteiger partial charge in [0.25, 0.3) is 0 Å². The number of ether oxygens (including phenoxy) is 1. The van der Waals surface area contributed by atoms with Crippen LogP contribution in [0.3, 0.4) is 0 Å². The first kappa shape index (κ1) is 11.9. The van der Waals surface area contributed by atoms with Gasteiger partial charge in [-0.1, -0.05) is 0 Å². The van der Waals surface area contributed by atoms with Gasteiger partial charge < -0.3 is 10.5 Å². The van der Waals surface area contributed by atoms with Crippen LogP contribution in [-0.2, 0) is 7.05 Å². The van der Waals surface area contributed by atoms with Crippen molar-refractivity contribution < 1.29 is 9.13 Å². The first-order valence-corrected chi connectivity index (χ1v) is 5.65. The Bertz CT molecular complexity index is 549. The Labute approximate surface area is 106 Å². The van der Waals surface area contributed by atoms with Crippen LogP contribution < -0.4 is 10.5 Å². The van der Waals surface area contributed by atoms with E-state index in [1.165, 1.54) is 23.9 Å². The second-order valence-electron chi connectivity index (χ2n) is 3.55. The highest BCUT2D eigenvalue weighted by Crippen LogP contribution is 2.36. The van der Waals surface area contributed by atoms with E-state index >= 15 is 0 Å². The maximum absolute atomic E-state index is 13.4. The molecule has 0 bridgehead atoms. The van der Waals surface area contributed by atoms with Crippen LogP contribution in [0, 0.1) is 5.82 Å². The number of nitrogens with zero attached hydrogens (tertiary/aromatic N) is 2. The maximum atomic E-state index is 13.4. The average molecular weight is 300 g/mol. The number of aryl methyl sites for hydroxylation is 1. The molecule has 6 heteroatoms. The van der Waals surface area contributed by atoms with E-state index in [9.17, 15) is 4.39 Å². The van der Waals surface area contributed by atoms with Crippen molar-refractivity contribution in [3.8, 4) is 17.0 Å². The van der Waals surface area contributed by atoms with Crippen molar-refractivity contribution in [1.82, 2.24) is 9.78 Å². The summed E-state index contributed by atoms with van der Waals surface area (Å²) in [5.74, 6) is 0.545. The number of aromatic nitrogens is 2. The Morgan fingerprint density at radius 1 is 1.41 bits per heavy atom. The fourth-order valence-corrected chi connectivity index (χ4v) is 2.11. The molecule has 0 aliphatic carbocycles. The van der Waals surface area contributed by atoms with Gasteiger partial charge >= 0.3 is 0 Å². The summed E-state index contributed by atoms with van der Waals surface area (Å²) < 4.78 is 20.7. The second-order valence-corrected chi connectivity index (χ2v) is 4.34. The van der Waals surface area contributed by atoms with Gasteiger partial charge in [-0.2, -0.15) is 5.10 Å². The molecule has 4 nitrogen and oxygen atoms in total. The van der Waals surface area contributed by atoms with Crippen LogP contribution in [0.25, 0.3) is 11.3 Å². The Hall–Kier alpha value is -1.56. The third kappa shape index (κ3) is 2.12. The van der Waals surface area contributed by atoms with E-state index in [0.29, 0.717) is 27.3 Å². The number of hydrogen-bond acceptors (Lipinski definition) is 3. The zero-order chi connectivity index (χ0) is 12.6. The SMILES string of the molecule is COc1cc(F)cc(-c2cc(N)n(C)n2)c1Br. The number of rotatable bonds is 2. The predicted octanol–water partition coefficient (Wildman–Crippen LogP) is 2.58. The molecule has 90 valence electrons. The van der Waals surface area contributed by atoms with Crippen molar-refractivity contribution in [2.75, 3.05) is 12.8 Å². The first-order valence-electron chi connectivity index (χ1n) is 4.86. The highest BCUT2D eigenvalue weighted by atomic mass is 79.9. The van der Waals surface area contributed by atoms with Crippen molar-refractivity contribution in [3.05, 3.63) is 28.5 Å². The number of nitrogens with two attached hydrogens (primary N) is 1. The molecule has 2 N–H and O–H groups in total. The molecule has 0 saturated heterocycles. The van der Waals surface area contributed by atoms with Gasteiger partial charge in [0.15, 0.2) is 0 Å². The zero-order valence-electron chi connectivity index (χ0n) is 9.37. The van der Waals surface area contributed by atoms with Crippen molar-refractivity contribution in [3.63, 3.8) is 0 Å². The van der Waals surface area contributed by atoms with Crippen LogP contribution in [-0.4, -0.2) is 16.9 Å². The standard InChI is InChI=1S/C11H11BrFN3O/c1-16-10(14)5-8(15-16)7-3-6(13)4-9(17-2)11(7)12/h3-5H,14H2,1-2H3. The molecule has 1 aromatic carbocycles. The number of hydrogen-bond donors (Lipinski definition) is 1. The summed E-state index contributed by atoms with van der Waals surface area (Å²) in [7, 11) is 3.21. The van der Waals surface area contributed by atoms with Gasteiger partial charge in [-0.25, -0.2) is 4.39 Å². The molecule has 1 aromatic heterocycles. The molecule has 0 saturated carbocycles. The quantitative estimate of drug-likeness (QED) is 0.927. The molecule has 0 amide bonds. The molecule has 0 spiro atoms. The summed E-state index contributed by atoms with van der Waals surface area (Å²) in [5, 5.41) is 4.20. The number of anilines is 1. The Kier molecular flexibility index (Phi) is 3.06. The molecule has 0 atom stereocenters. The molecule has 0 fully saturated rings. The summed E-state index contributed by atoms with van der Waals surface area (Å²) >= 11 is 3.36. The van der Waals surface area contributed by atoms with E-state index in [1.807, 2.05) is 0 Å². The van der Waals surface area contributed by atoms with E-state index in [2.05, 4.69) is 21.0 Å². The predicted molar refractivity (Wildman–Crippen MR) is 67.3 cm³/mol. The minimum absolute atomic E-state index is 0.385. The molecule has 2 rings (SSSR count). The van der Waals surface area contributed by atoms with E-state index < -0.39 is 0 Å². The van der Waals surface area contributed by atoms with Crippen molar-refractivity contribution in [2.45, 2.75) is 0 Å². The van der Waals surface area contributed by atoms with E-state index in [-0.39, 0.29) is 5.82 Å². The van der Waals surface area contributed by atoms with Gasteiger partial charge in [-0.05, 0) is 22.0 Å². The number of nitrogen functional groups attached to an aromatic ring is 1. The third-order valence-electron chi connectivity index (χ3n) is 2.42. The first-order chi connectivity index (χ1) is 8.02. The van der Waals surface area contributed by atoms with Gasteiger partial charge in [0.2, 0.25) is 0 Å². The molecular weight excluding hydrogens is 289 g/mol. The molecule has 2 aromatic rings. The van der Waals surface area contributed by atoms with Gasteiger partial charge in [0.05, 0.1) is 17.3 Å². The third-order valence-corrected chi connectivity index (χ3v) is 3.23. The Morgan fingerprint density at radius 2 is 2.12 bits per heavy atom. The fraction of sp³-hybridized carbons (Fsp3) is 0.182. The molecule has 0 radical (unpaired) electrons.